The molecule has 0 aliphatic carbocycles. The molecular formula is C12H17FN6O. The summed E-state index contributed by atoms with van der Waals surface area (Å²) in [5.74, 6) is 0.484. The molecule has 0 amide bonds. The van der Waals surface area contributed by atoms with Crippen LogP contribution < -0.4 is 9.64 Å². The largest absolute Gasteiger partial charge is 0.479 e. The fourth-order valence-electron chi connectivity index (χ4n) is 1.76. The zero-order chi connectivity index (χ0) is 14.7. The van der Waals surface area contributed by atoms with Gasteiger partial charge in [0.1, 0.15) is 6.33 Å². The summed E-state index contributed by atoms with van der Waals surface area (Å²) in [7, 11) is 3.16. The van der Waals surface area contributed by atoms with E-state index < -0.39 is 5.82 Å². The van der Waals surface area contributed by atoms with Crippen LogP contribution in [-0.2, 0) is 6.54 Å². The second kappa shape index (κ2) is 5.81. The van der Waals surface area contributed by atoms with E-state index in [0.717, 1.165) is 12.0 Å². The van der Waals surface area contributed by atoms with Crippen molar-refractivity contribution in [3.8, 4) is 5.88 Å². The van der Waals surface area contributed by atoms with Gasteiger partial charge in [-0.15, -0.1) is 10.2 Å². The fraction of sp³-hybridized carbons (Fsp3) is 0.500. The van der Waals surface area contributed by atoms with Crippen LogP contribution >= 0.6 is 0 Å². The Hall–Kier alpha value is -2.25. The molecule has 0 spiro atoms. The minimum absolute atomic E-state index is 0.0767. The summed E-state index contributed by atoms with van der Waals surface area (Å²) in [4.78, 5) is 9.70. The van der Waals surface area contributed by atoms with Crippen LogP contribution in [-0.4, -0.2) is 38.9 Å². The lowest BCUT2D eigenvalue weighted by atomic mass is 10.4. The first kappa shape index (κ1) is 14.2. The molecule has 7 nitrogen and oxygen atoms in total. The van der Waals surface area contributed by atoms with E-state index in [0.29, 0.717) is 12.5 Å². The Balaban J connectivity index is 2.19. The Bertz CT molecular complexity index is 585. The third-order valence-electron chi connectivity index (χ3n) is 2.82. The lowest BCUT2D eigenvalue weighted by Crippen LogP contribution is -2.22. The standard InChI is InChI=1S/C12H17FN6O/c1-8(2)19-7-15-17-10(19)6-18(3)12-14-5-9(13)11(16-12)20-4/h5,7-8H,6H2,1-4H3. The molecule has 0 N–H and O–H groups in total. The molecule has 0 aliphatic heterocycles. The van der Waals surface area contributed by atoms with E-state index >= 15 is 0 Å². The minimum atomic E-state index is -0.588. The summed E-state index contributed by atoms with van der Waals surface area (Å²) in [6, 6.07) is 0.261. The predicted octanol–water partition coefficient (Wildman–Crippen LogP) is 1.43. The van der Waals surface area contributed by atoms with Gasteiger partial charge < -0.3 is 14.2 Å². The lowest BCUT2D eigenvalue weighted by Gasteiger charge is -2.18. The predicted molar refractivity (Wildman–Crippen MR) is 71.1 cm³/mol. The molecule has 0 saturated carbocycles. The van der Waals surface area contributed by atoms with Gasteiger partial charge in [0.25, 0.3) is 5.88 Å². The quantitative estimate of drug-likeness (QED) is 0.825. The average Bonchev–Trinajstić information content (AvgIpc) is 2.87. The monoisotopic (exact) mass is 280 g/mol. The molecule has 108 valence electrons. The number of hydrogen-bond donors (Lipinski definition) is 0. The van der Waals surface area contributed by atoms with Crippen LogP contribution in [0.2, 0.25) is 0 Å². The van der Waals surface area contributed by atoms with E-state index in [-0.39, 0.29) is 11.9 Å². The Labute approximate surface area is 116 Å². The van der Waals surface area contributed by atoms with Crippen LogP contribution in [0.1, 0.15) is 25.7 Å². The first-order chi connectivity index (χ1) is 9.52. The van der Waals surface area contributed by atoms with Crippen LogP contribution in [0.15, 0.2) is 12.5 Å². The molecule has 0 aromatic carbocycles. The maximum Gasteiger partial charge on any atom is 0.255 e. The van der Waals surface area contributed by atoms with Gasteiger partial charge in [0.2, 0.25) is 11.8 Å². The van der Waals surface area contributed by atoms with Crippen LogP contribution in [0.4, 0.5) is 10.3 Å². The third kappa shape index (κ3) is 2.84. The molecule has 0 unspecified atom stereocenters. The smallest absolute Gasteiger partial charge is 0.255 e. The van der Waals surface area contributed by atoms with Crippen LogP contribution in [0.3, 0.4) is 0 Å². The number of aromatic nitrogens is 5. The Morgan fingerprint density at radius 3 is 2.85 bits per heavy atom. The maximum atomic E-state index is 13.3. The van der Waals surface area contributed by atoms with Crippen molar-refractivity contribution in [1.29, 1.82) is 0 Å². The Kier molecular flexibility index (Phi) is 4.11. The molecule has 20 heavy (non-hydrogen) atoms. The number of ether oxygens (including phenoxy) is 1. The van der Waals surface area contributed by atoms with E-state index in [2.05, 4.69) is 20.2 Å². The van der Waals surface area contributed by atoms with Gasteiger partial charge >= 0.3 is 0 Å². The average molecular weight is 280 g/mol. The Morgan fingerprint density at radius 1 is 1.45 bits per heavy atom. The van der Waals surface area contributed by atoms with Gasteiger partial charge in [-0.1, -0.05) is 0 Å². The molecule has 0 aliphatic rings. The van der Waals surface area contributed by atoms with Crippen LogP contribution in [0, 0.1) is 5.82 Å². The van der Waals surface area contributed by atoms with E-state index in [4.69, 9.17) is 4.74 Å². The topological polar surface area (TPSA) is 69.0 Å². The first-order valence-electron chi connectivity index (χ1n) is 6.19. The number of methoxy groups -OCH3 is 1. The molecule has 2 aromatic rings. The van der Waals surface area contributed by atoms with Gasteiger partial charge in [-0.2, -0.15) is 9.37 Å². The highest BCUT2D eigenvalue weighted by Crippen LogP contribution is 2.17. The van der Waals surface area contributed by atoms with Gasteiger partial charge in [0.15, 0.2) is 5.82 Å². The third-order valence-corrected chi connectivity index (χ3v) is 2.82. The molecule has 2 rings (SSSR count). The van der Waals surface area contributed by atoms with Gasteiger partial charge in [-0.25, -0.2) is 4.98 Å². The highest BCUT2D eigenvalue weighted by atomic mass is 19.1. The van der Waals surface area contributed by atoms with Gasteiger partial charge in [0, 0.05) is 13.1 Å². The van der Waals surface area contributed by atoms with E-state index in [1.807, 2.05) is 18.4 Å². The number of nitrogens with zero attached hydrogens (tertiary/aromatic N) is 6. The number of halogens is 1. The normalized spacial score (nSPS) is 10.9. The molecule has 2 aromatic heterocycles. The molecule has 8 heteroatoms. The van der Waals surface area contributed by atoms with Crippen molar-refractivity contribution in [2.75, 3.05) is 19.1 Å². The summed E-state index contributed by atoms with van der Waals surface area (Å²) in [5, 5.41) is 7.97. The number of anilines is 1. The summed E-state index contributed by atoms with van der Waals surface area (Å²) < 4.78 is 20.1. The van der Waals surface area contributed by atoms with Crippen molar-refractivity contribution in [3.63, 3.8) is 0 Å². The fourth-order valence-corrected chi connectivity index (χ4v) is 1.76. The van der Waals surface area contributed by atoms with Crippen molar-refractivity contribution in [1.82, 2.24) is 24.7 Å². The van der Waals surface area contributed by atoms with Gasteiger partial charge in [-0.05, 0) is 13.8 Å². The zero-order valence-electron chi connectivity index (χ0n) is 11.9. The van der Waals surface area contributed by atoms with Crippen molar-refractivity contribution < 1.29 is 9.13 Å². The second-order valence-electron chi connectivity index (χ2n) is 4.63. The van der Waals surface area contributed by atoms with E-state index in [1.54, 1.807) is 18.3 Å². The second-order valence-corrected chi connectivity index (χ2v) is 4.63. The summed E-state index contributed by atoms with van der Waals surface area (Å²) >= 11 is 0. The number of hydrogen-bond acceptors (Lipinski definition) is 6. The van der Waals surface area contributed by atoms with Crippen LogP contribution in [0.5, 0.6) is 5.88 Å². The molecule has 0 atom stereocenters. The molecule has 0 fully saturated rings. The van der Waals surface area contributed by atoms with Crippen molar-refractivity contribution in [3.05, 3.63) is 24.2 Å². The first-order valence-corrected chi connectivity index (χ1v) is 6.19. The Morgan fingerprint density at radius 2 is 2.20 bits per heavy atom. The zero-order valence-corrected chi connectivity index (χ0v) is 11.9. The van der Waals surface area contributed by atoms with Crippen LogP contribution in [0.25, 0.3) is 0 Å². The van der Waals surface area contributed by atoms with Crippen molar-refractivity contribution in [2.24, 2.45) is 0 Å². The lowest BCUT2D eigenvalue weighted by molar-refractivity contribution is 0.367. The van der Waals surface area contributed by atoms with Gasteiger partial charge in [-0.3, -0.25) is 0 Å². The maximum absolute atomic E-state index is 13.3. The van der Waals surface area contributed by atoms with E-state index in [9.17, 15) is 4.39 Å². The van der Waals surface area contributed by atoms with Crippen molar-refractivity contribution >= 4 is 5.95 Å². The molecule has 0 bridgehead atoms. The SMILES string of the molecule is COc1nc(N(C)Cc2nncn2C(C)C)ncc1F. The molecule has 0 saturated heterocycles. The van der Waals surface area contributed by atoms with Gasteiger partial charge in [0.05, 0.1) is 19.9 Å². The summed E-state index contributed by atoms with van der Waals surface area (Å²) in [6.45, 7) is 4.56. The van der Waals surface area contributed by atoms with Crippen molar-refractivity contribution in [2.45, 2.75) is 26.4 Å². The molecule has 0 radical (unpaired) electrons. The number of rotatable bonds is 5. The summed E-state index contributed by atoms with van der Waals surface area (Å²) in [5.41, 5.74) is 0. The molecule has 2 heterocycles. The highest BCUT2D eigenvalue weighted by Gasteiger charge is 2.14. The highest BCUT2D eigenvalue weighted by molar-refractivity contribution is 5.31. The summed E-state index contributed by atoms with van der Waals surface area (Å²) in [6.07, 6.45) is 2.77. The minimum Gasteiger partial charge on any atom is -0.479 e. The molecular weight excluding hydrogens is 263 g/mol. The van der Waals surface area contributed by atoms with E-state index in [1.165, 1.54) is 7.11 Å².